The zero-order valence-electron chi connectivity index (χ0n) is 9.38. The summed E-state index contributed by atoms with van der Waals surface area (Å²) < 4.78 is 0. The fourth-order valence-electron chi connectivity index (χ4n) is 1.28. The summed E-state index contributed by atoms with van der Waals surface area (Å²) in [5.41, 5.74) is 5.43. The molecule has 90 valence electrons. The van der Waals surface area contributed by atoms with Crippen LogP contribution < -0.4 is 5.73 Å². The van der Waals surface area contributed by atoms with Crippen LogP contribution in [0.1, 0.15) is 30.1 Å². The third-order valence-corrected chi connectivity index (χ3v) is 2.81. The number of amides is 1. The first-order valence-corrected chi connectivity index (χ1v) is 5.88. The SMILES string of the molecule is CC(C)N(CCCO)C(=O)c1nnc(N)s1. The Kier molecular flexibility index (Phi) is 4.63. The van der Waals surface area contributed by atoms with Crippen LogP contribution in [0.4, 0.5) is 5.13 Å². The van der Waals surface area contributed by atoms with Crippen LogP contribution in [0, 0.1) is 0 Å². The molecule has 0 saturated heterocycles. The quantitative estimate of drug-likeness (QED) is 0.780. The predicted molar refractivity (Wildman–Crippen MR) is 62.2 cm³/mol. The van der Waals surface area contributed by atoms with Crippen molar-refractivity contribution in [3.63, 3.8) is 0 Å². The molecular formula is C9H16N4O2S. The Hall–Kier alpha value is -1.21. The summed E-state index contributed by atoms with van der Waals surface area (Å²) in [6.07, 6.45) is 0.554. The largest absolute Gasteiger partial charge is 0.396 e. The number of carbonyl (C=O) groups is 1. The van der Waals surface area contributed by atoms with Gasteiger partial charge in [-0.3, -0.25) is 4.79 Å². The van der Waals surface area contributed by atoms with E-state index >= 15 is 0 Å². The number of anilines is 1. The first kappa shape index (κ1) is 12.9. The van der Waals surface area contributed by atoms with E-state index in [4.69, 9.17) is 10.8 Å². The molecule has 7 heteroatoms. The van der Waals surface area contributed by atoms with Gasteiger partial charge in [0.25, 0.3) is 5.91 Å². The maximum absolute atomic E-state index is 12.0. The maximum atomic E-state index is 12.0. The molecule has 0 unspecified atom stereocenters. The van der Waals surface area contributed by atoms with Gasteiger partial charge in [0.15, 0.2) is 0 Å². The van der Waals surface area contributed by atoms with Gasteiger partial charge in [-0.05, 0) is 20.3 Å². The minimum Gasteiger partial charge on any atom is -0.396 e. The molecule has 0 bridgehead atoms. The second-order valence-electron chi connectivity index (χ2n) is 3.61. The highest BCUT2D eigenvalue weighted by Gasteiger charge is 2.21. The van der Waals surface area contributed by atoms with Gasteiger partial charge in [0.05, 0.1) is 0 Å². The molecule has 0 aliphatic rings. The molecule has 0 fully saturated rings. The molecule has 1 heterocycles. The monoisotopic (exact) mass is 244 g/mol. The fraction of sp³-hybridized carbons (Fsp3) is 0.667. The highest BCUT2D eigenvalue weighted by Crippen LogP contribution is 2.15. The van der Waals surface area contributed by atoms with Crippen molar-refractivity contribution >= 4 is 22.4 Å². The summed E-state index contributed by atoms with van der Waals surface area (Å²) in [6, 6.07) is 0.0594. The normalized spacial score (nSPS) is 10.8. The standard InChI is InChI=1S/C9H16N4O2S/c1-6(2)13(4-3-5-14)8(15)7-11-12-9(10)16-7/h6,14H,3-5H2,1-2H3,(H2,10,12). The van der Waals surface area contributed by atoms with E-state index in [1.807, 2.05) is 13.8 Å². The van der Waals surface area contributed by atoms with E-state index in [9.17, 15) is 4.79 Å². The Labute approximate surface area is 98.1 Å². The Morgan fingerprint density at radius 1 is 1.56 bits per heavy atom. The molecule has 1 rings (SSSR count). The number of nitrogens with two attached hydrogens (primary N) is 1. The Balaban J connectivity index is 2.74. The average molecular weight is 244 g/mol. The fourth-order valence-corrected chi connectivity index (χ4v) is 1.85. The van der Waals surface area contributed by atoms with Gasteiger partial charge >= 0.3 is 0 Å². The van der Waals surface area contributed by atoms with E-state index in [0.29, 0.717) is 18.0 Å². The number of nitrogens with zero attached hydrogens (tertiary/aromatic N) is 3. The smallest absolute Gasteiger partial charge is 0.285 e. The van der Waals surface area contributed by atoms with Gasteiger partial charge in [-0.2, -0.15) is 0 Å². The van der Waals surface area contributed by atoms with E-state index in [1.165, 1.54) is 0 Å². The van der Waals surface area contributed by atoms with Gasteiger partial charge in [0.2, 0.25) is 10.1 Å². The number of aromatic nitrogens is 2. The van der Waals surface area contributed by atoms with E-state index in [2.05, 4.69) is 10.2 Å². The van der Waals surface area contributed by atoms with Crippen molar-refractivity contribution in [1.29, 1.82) is 0 Å². The predicted octanol–water partition coefficient (Wildman–Crippen LogP) is 0.353. The first-order chi connectivity index (χ1) is 7.56. The molecule has 0 aliphatic carbocycles. The molecule has 1 aromatic heterocycles. The zero-order valence-corrected chi connectivity index (χ0v) is 10.2. The van der Waals surface area contributed by atoms with Crippen LogP contribution >= 0.6 is 11.3 Å². The number of aliphatic hydroxyl groups excluding tert-OH is 1. The Bertz CT molecular complexity index is 353. The number of aliphatic hydroxyl groups is 1. The van der Waals surface area contributed by atoms with Crippen molar-refractivity contribution < 1.29 is 9.90 Å². The first-order valence-electron chi connectivity index (χ1n) is 5.07. The third-order valence-electron chi connectivity index (χ3n) is 2.06. The van der Waals surface area contributed by atoms with Gasteiger partial charge in [0, 0.05) is 19.2 Å². The van der Waals surface area contributed by atoms with E-state index in [1.54, 1.807) is 4.90 Å². The lowest BCUT2D eigenvalue weighted by atomic mass is 10.3. The number of carbonyl (C=O) groups excluding carboxylic acids is 1. The molecule has 1 amide bonds. The van der Waals surface area contributed by atoms with Crippen LogP contribution in [0.15, 0.2) is 0 Å². The highest BCUT2D eigenvalue weighted by molar-refractivity contribution is 7.16. The summed E-state index contributed by atoms with van der Waals surface area (Å²) in [5.74, 6) is -0.183. The van der Waals surface area contributed by atoms with Crippen LogP contribution in [-0.4, -0.2) is 45.3 Å². The molecule has 0 spiro atoms. The molecular weight excluding hydrogens is 228 g/mol. The van der Waals surface area contributed by atoms with Crippen molar-refractivity contribution in [1.82, 2.24) is 15.1 Å². The summed E-state index contributed by atoms with van der Waals surface area (Å²) in [5, 5.41) is 16.7. The van der Waals surface area contributed by atoms with Crippen molar-refractivity contribution in [2.45, 2.75) is 26.3 Å². The summed E-state index contributed by atoms with van der Waals surface area (Å²) in [4.78, 5) is 13.7. The van der Waals surface area contributed by atoms with Gasteiger partial charge in [-0.25, -0.2) is 0 Å². The van der Waals surface area contributed by atoms with Crippen molar-refractivity contribution in [2.75, 3.05) is 18.9 Å². The number of nitrogen functional groups attached to an aromatic ring is 1. The summed E-state index contributed by atoms with van der Waals surface area (Å²) in [6.45, 7) is 4.40. The molecule has 3 N–H and O–H groups in total. The number of hydrogen-bond donors (Lipinski definition) is 2. The van der Waals surface area contributed by atoms with E-state index in [-0.39, 0.29) is 23.7 Å². The summed E-state index contributed by atoms with van der Waals surface area (Å²) in [7, 11) is 0. The average Bonchev–Trinajstić information content (AvgIpc) is 2.64. The van der Waals surface area contributed by atoms with Crippen LogP contribution in [0.5, 0.6) is 0 Å². The molecule has 0 aliphatic heterocycles. The highest BCUT2D eigenvalue weighted by atomic mass is 32.1. The lowest BCUT2D eigenvalue weighted by molar-refractivity contribution is 0.0692. The van der Waals surface area contributed by atoms with E-state index in [0.717, 1.165) is 11.3 Å². The summed E-state index contributed by atoms with van der Waals surface area (Å²) >= 11 is 1.08. The van der Waals surface area contributed by atoms with Crippen molar-refractivity contribution in [2.24, 2.45) is 0 Å². The molecule has 0 atom stereocenters. The topological polar surface area (TPSA) is 92.3 Å². The zero-order chi connectivity index (χ0) is 12.1. The van der Waals surface area contributed by atoms with Gasteiger partial charge in [0.1, 0.15) is 0 Å². The van der Waals surface area contributed by atoms with Gasteiger partial charge in [-0.1, -0.05) is 11.3 Å². The van der Waals surface area contributed by atoms with Gasteiger partial charge in [-0.15, -0.1) is 10.2 Å². The molecule has 16 heavy (non-hydrogen) atoms. The maximum Gasteiger partial charge on any atom is 0.285 e. The number of hydrogen-bond acceptors (Lipinski definition) is 6. The second kappa shape index (κ2) is 5.76. The van der Waals surface area contributed by atoms with Crippen LogP contribution in [0.2, 0.25) is 0 Å². The Morgan fingerprint density at radius 3 is 2.69 bits per heavy atom. The van der Waals surface area contributed by atoms with E-state index < -0.39 is 0 Å². The van der Waals surface area contributed by atoms with Gasteiger partial charge < -0.3 is 15.7 Å². The van der Waals surface area contributed by atoms with Crippen molar-refractivity contribution in [3.05, 3.63) is 5.01 Å². The lowest BCUT2D eigenvalue weighted by Crippen LogP contribution is -2.38. The minimum absolute atomic E-state index is 0.0594. The second-order valence-corrected chi connectivity index (χ2v) is 4.62. The number of rotatable bonds is 5. The molecule has 1 aromatic rings. The van der Waals surface area contributed by atoms with Crippen LogP contribution in [0.25, 0.3) is 0 Å². The van der Waals surface area contributed by atoms with Crippen LogP contribution in [-0.2, 0) is 0 Å². The third kappa shape index (κ3) is 3.14. The molecule has 6 nitrogen and oxygen atoms in total. The lowest BCUT2D eigenvalue weighted by Gasteiger charge is -2.25. The van der Waals surface area contributed by atoms with Crippen LogP contribution in [0.3, 0.4) is 0 Å². The molecule has 0 aromatic carbocycles. The molecule has 0 radical (unpaired) electrons. The Morgan fingerprint density at radius 2 is 2.25 bits per heavy atom. The minimum atomic E-state index is -0.183. The molecule has 0 saturated carbocycles. The van der Waals surface area contributed by atoms with Crippen molar-refractivity contribution in [3.8, 4) is 0 Å².